The molecule has 2 amide bonds. The standard InChI is InChI=1S/C23H28ClN3O3/c1-23(2,3)25-22(28)27(14-16-9-5-7-11-19(16)24)15-17-13-20(26-30-17)18-10-6-8-12-21(18)29-4/h5-12,17H,13-15H2,1-4H3,(H,25,28). The first-order chi connectivity index (χ1) is 14.3. The maximum atomic E-state index is 13.0. The van der Waals surface area contributed by atoms with Crippen molar-refractivity contribution in [3.05, 3.63) is 64.7 Å². The van der Waals surface area contributed by atoms with E-state index < -0.39 is 0 Å². The molecule has 30 heavy (non-hydrogen) atoms. The second-order valence-electron chi connectivity index (χ2n) is 8.32. The van der Waals surface area contributed by atoms with Crippen LogP contribution in [0.1, 0.15) is 38.3 Å². The number of rotatable bonds is 6. The van der Waals surface area contributed by atoms with Gasteiger partial charge in [-0.3, -0.25) is 0 Å². The first-order valence-corrected chi connectivity index (χ1v) is 10.3. The van der Waals surface area contributed by atoms with Crippen LogP contribution in [0, 0.1) is 0 Å². The fraction of sp³-hybridized carbons (Fsp3) is 0.391. The van der Waals surface area contributed by atoms with Crippen molar-refractivity contribution in [3.8, 4) is 5.75 Å². The molecule has 3 rings (SSSR count). The van der Waals surface area contributed by atoms with E-state index in [0.29, 0.717) is 24.5 Å². The van der Waals surface area contributed by atoms with Crippen LogP contribution in [-0.2, 0) is 11.4 Å². The van der Waals surface area contributed by atoms with Crippen molar-refractivity contribution in [2.24, 2.45) is 5.16 Å². The maximum Gasteiger partial charge on any atom is 0.318 e. The molecule has 0 saturated carbocycles. The lowest BCUT2D eigenvalue weighted by Gasteiger charge is -2.30. The Balaban J connectivity index is 1.73. The molecule has 7 heteroatoms. The van der Waals surface area contributed by atoms with Crippen LogP contribution in [0.4, 0.5) is 4.79 Å². The van der Waals surface area contributed by atoms with Gasteiger partial charge in [-0.1, -0.05) is 47.1 Å². The fourth-order valence-corrected chi connectivity index (χ4v) is 3.46. The van der Waals surface area contributed by atoms with Crippen LogP contribution in [0.2, 0.25) is 5.02 Å². The number of ether oxygens (including phenoxy) is 1. The van der Waals surface area contributed by atoms with Crippen molar-refractivity contribution < 1.29 is 14.4 Å². The van der Waals surface area contributed by atoms with Gasteiger partial charge in [0.25, 0.3) is 0 Å². The second-order valence-corrected chi connectivity index (χ2v) is 8.73. The molecule has 0 radical (unpaired) electrons. The minimum absolute atomic E-state index is 0.170. The van der Waals surface area contributed by atoms with E-state index in [4.69, 9.17) is 21.2 Å². The van der Waals surface area contributed by atoms with E-state index >= 15 is 0 Å². The highest BCUT2D eigenvalue weighted by molar-refractivity contribution is 6.31. The van der Waals surface area contributed by atoms with Crippen molar-refractivity contribution in [1.29, 1.82) is 0 Å². The van der Waals surface area contributed by atoms with Gasteiger partial charge in [0.2, 0.25) is 0 Å². The normalized spacial score (nSPS) is 15.9. The number of nitrogens with zero attached hydrogens (tertiary/aromatic N) is 2. The topological polar surface area (TPSA) is 63.2 Å². The average Bonchev–Trinajstić information content (AvgIpc) is 3.16. The lowest BCUT2D eigenvalue weighted by molar-refractivity contribution is 0.0580. The summed E-state index contributed by atoms with van der Waals surface area (Å²) in [4.78, 5) is 20.4. The number of urea groups is 1. The summed E-state index contributed by atoms with van der Waals surface area (Å²) in [6.07, 6.45) is 0.334. The van der Waals surface area contributed by atoms with Crippen molar-refractivity contribution in [1.82, 2.24) is 10.2 Å². The van der Waals surface area contributed by atoms with Crippen LogP contribution >= 0.6 is 11.6 Å². The van der Waals surface area contributed by atoms with Crippen LogP contribution in [0.5, 0.6) is 5.75 Å². The number of carbonyl (C=O) groups excluding carboxylic acids is 1. The second kappa shape index (κ2) is 9.39. The highest BCUT2D eigenvalue weighted by atomic mass is 35.5. The molecule has 1 aliphatic rings. The van der Waals surface area contributed by atoms with Crippen molar-refractivity contribution in [2.45, 2.75) is 45.4 Å². The molecule has 2 aromatic rings. The van der Waals surface area contributed by atoms with E-state index in [1.807, 2.05) is 69.3 Å². The summed E-state index contributed by atoms with van der Waals surface area (Å²) in [6.45, 7) is 6.62. The Bertz CT molecular complexity index is 924. The van der Waals surface area contributed by atoms with Gasteiger partial charge >= 0.3 is 6.03 Å². The summed E-state index contributed by atoms with van der Waals surface area (Å²) < 4.78 is 5.43. The van der Waals surface area contributed by atoms with Crippen LogP contribution in [0.25, 0.3) is 0 Å². The molecule has 1 N–H and O–H groups in total. The largest absolute Gasteiger partial charge is 0.496 e. The Morgan fingerprint density at radius 3 is 2.63 bits per heavy atom. The first-order valence-electron chi connectivity index (χ1n) is 9.93. The number of hydrogen-bond acceptors (Lipinski definition) is 4. The number of methoxy groups -OCH3 is 1. The molecule has 0 bridgehead atoms. The molecule has 1 heterocycles. The van der Waals surface area contributed by atoms with Crippen LogP contribution < -0.4 is 10.1 Å². The third-order valence-electron chi connectivity index (χ3n) is 4.66. The zero-order chi connectivity index (χ0) is 21.7. The van der Waals surface area contributed by atoms with Crippen LogP contribution in [0.15, 0.2) is 53.7 Å². The number of amides is 2. The Hall–Kier alpha value is -2.73. The van der Waals surface area contributed by atoms with E-state index in [2.05, 4.69) is 10.5 Å². The van der Waals surface area contributed by atoms with Gasteiger partial charge in [-0.15, -0.1) is 0 Å². The molecule has 6 nitrogen and oxygen atoms in total. The van der Waals surface area contributed by atoms with E-state index in [1.54, 1.807) is 12.0 Å². The molecule has 0 aliphatic carbocycles. The molecular weight excluding hydrogens is 402 g/mol. The van der Waals surface area contributed by atoms with E-state index in [0.717, 1.165) is 22.6 Å². The van der Waals surface area contributed by atoms with Gasteiger partial charge in [0.05, 0.1) is 19.4 Å². The van der Waals surface area contributed by atoms with E-state index in [9.17, 15) is 4.79 Å². The molecule has 0 saturated heterocycles. The van der Waals surface area contributed by atoms with Crippen LogP contribution in [-0.4, -0.2) is 41.9 Å². The number of halogens is 1. The van der Waals surface area contributed by atoms with Crippen molar-refractivity contribution in [3.63, 3.8) is 0 Å². The van der Waals surface area contributed by atoms with Crippen LogP contribution in [0.3, 0.4) is 0 Å². The number of oxime groups is 1. The number of hydrogen-bond donors (Lipinski definition) is 1. The highest BCUT2D eigenvalue weighted by Gasteiger charge is 2.29. The van der Waals surface area contributed by atoms with Crippen molar-refractivity contribution in [2.75, 3.05) is 13.7 Å². The van der Waals surface area contributed by atoms with Gasteiger partial charge in [0.15, 0.2) is 6.10 Å². The third-order valence-corrected chi connectivity index (χ3v) is 5.03. The minimum Gasteiger partial charge on any atom is -0.496 e. The van der Waals surface area contributed by atoms with Gasteiger partial charge < -0.3 is 19.8 Å². The molecule has 160 valence electrons. The maximum absolute atomic E-state index is 13.0. The Morgan fingerprint density at radius 2 is 1.93 bits per heavy atom. The molecule has 1 aliphatic heterocycles. The SMILES string of the molecule is COc1ccccc1C1=NOC(CN(Cc2ccccc2Cl)C(=O)NC(C)(C)C)C1. The summed E-state index contributed by atoms with van der Waals surface area (Å²) in [5.74, 6) is 0.749. The zero-order valence-electron chi connectivity index (χ0n) is 17.8. The molecule has 0 fully saturated rings. The highest BCUT2D eigenvalue weighted by Crippen LogP contribution is 2.26. The van der Waals surface area contributed by atoms with Crippen molar-refractivity contribution >= 4 is 23.3 Å². The Morgan fingerprint density at radius 1 is 1.23 bits per heavy atom. The van der Waals surface area contributed by atoms with E-state index in [-0.39, 0.29) is 17.7 Å². The zero-order valence-corrected chi connectivity index (χ0v) is 18.6. The lowest BCUT2D eigenvalue weighted by Crippen LogP contribution is -2.50. The van der Waals surface area contributed by atoms with Gasteiger partial charge in [0, 0.05) is 29.1 Å². The summed E-state index contributed by atoms with van der Waals surface area (Å²) in [5, 5.41) is 7.91. The van der Waals surface area contributed by atoms with Gasteiger partial charge in [-0.2, -0.15) is 0 Å². The molecule has 1 unspecified atom stereocenters. The monoisotopic (exact) mass is 429 g/mol. The fourth-order valence-electron chi connectivity index (χ4n) is 3.27. The molecular formula is C23H28ClN3O3. The predicted octanol–water partition coefficient (Wildman–Crippen LogP) is 4.85. The van der Waals surface area contributed by atoms with Gasteiger partial charge in [-0.25, -0.2) is 4.79 Å². The van der Waals surface area contributed by atoms with Gasteiger partial charge in [-0.05, 0) is 44.5 Å². The number of nitrogens with one attached hydrogen (secondary N) is 1. The first kappa shape index (κ1) is 22.0. The third kappa shape index (κ3) is 5.66. The summed E-state index contributed by atoms with van der Waals surface area (Å²) in [5.41, 5.74) is 2.24. The summed E-state index contributed by atoms with van der Waals surface area (Å²) in [7, 11) is 1.63. The molecule has 0 aromatic heterocycles. The molecule has 0 spiro atoms. The van der Waals surface area contributed by atoms with E-state index in [1.165, 1.54) is 0 Å². The number of benzene rings is 2. The summed E-state index contributed by atoms with van der Waals surface area (Å²) >= 11 is 6.33. The average molecular weight is 430 g/mol. The summed E-state index contributed by atoms with van der Waals surface area (Å²) in [6, 6.07) is 15.1. The number of carbonyl (C=O) groups is 1. The minimum atomic E-state index is -0.356. The Kier molecular flexibility index (Phi) is 6.87. The molecule has 2 aromatic carbocycles. The lowest BCUT2D eigenvalue weighted by atomic mass is 10.0. The predicted molar refractivity (Wildman–Crippen MR) is 119 cm³/mol. The quantitative estimate of drug-likeness (QED) is 0.713. The smallest absolute Gasteiger partial charge is 0.318 e. The van der Waals surface area contributed by atoms with Gasteiger partial charge in [0.1, 0.15) is 5.75 Å². The molecule has 1 atom stereocenters. The number of para-hydroxylation sites is 1. The Labute approximate surface area is 182 Å².